The number of methoxy groups -OCH3 is 2. The highest BCUT2D eigenvalue weighted by Crippen LogP contribution is 2.39. The van der Waals surface area contributed by atoms with Crippen LogP contribution in [0.25, 0.3) is 10.8 Å². The maximum Gasteiger partial charge on any atom is 0.139 e. The van der Waals surface area contributed by atoms with Gasteiger partial charge in [0.1, 0.15) is 11.5 Å². The number of hydrogen-bond donors (Lipinski definition) is 0. The maximum atomic E-state index is 6.23. The van der Waals surface area contributed by atoms with Crippen LogP contribution >= 0.6 is 11.6 Å². The third-order valence-corrected chi connectivity index (χ3v) is 7.21. The maximum absolute atomic E-state index is 6.23. The second kappa shape index (κ2) is 8.60. The molecule has 4 nitrogen and oxygen atoms in total. The number of ether oxygens (including phenoxy) is 2. The second-order valence-corrected chi connectivity index (χ2v) is 8.98. The van der Waals surface area contributed by atoms with Gasteiger partial charge in [-0.3, -0.25) is 4.90 Å². The van der Waals surface area contributed by atoms with Gasteiger partial charge in [0.25, 0.3) is 0 Å². The van der Waals surface area contributed by atoms with Crippen molar-refractivity contribution in [3.63, 3.8) is 0 Å². The summed E-state index contributed by atoms with van der Waals surface area (Å²) in [5.41, 5.74) is 2.63. The molecule has 1 unspecified atom stereocenters. The molecule has 2 heterocycles. The summed E-state index contributed by atoms with van der Waals surface area (Å²) in [5, 5.41) is 3.18. The molecule has 2 aliphatic heterocycles. The quantitative estimate of drug-likeness (QED) is 0.506. The largest absolute Gasteiger partial charge is 0.497 e. The van der Waals surface area contributed by atoms with Gasteiger partial charge in [-0.2, -0.15) is 0 Å². The van der Waals surface area contributed by atoms with Gasteiger partial charge in [0, 0.05) is 43.5 Å². The lowest BCUT2D eigenvalue weighted by Crippen LogP contribution is -2.55. The minimum absolute atomic E-state index is 0.493. The summed E-state index contributed by atoms with van der Waals surface area (Å²) in [5.74, 6) is 1.66. The Bertz CT molecular complexity index is 1090. The van der Waals surface area contributed by atoms with Crippen LogP contribution in [0.4, 0.5) is 5.69 Å². The highest BCUT2D eigenvalue weighted by molar-refractivity contribution is 6.32. The molecule has 0 aromatic heterocycles. The molecule has 0 bridgehead atoms. The number of rotatable bonds is 4. The number of fused-ring (bicyclic) bond motifs is 2. The van der Waals surface area contributed by atoms with Crippen LogP contribution in [0, 0.1) is 0 Å². The Morgan fingerprint density at radius 2 is 1.71 bits per heavy atom. The lowest BCUT2D eigenvalue weighted by Gasteiger charge is -2.49. The van der Waals surface area contributed by atoms with Crippen LogP contribution in [0.3, 0.4) is 0 Å². The SMILES string of the molecule is COc1ccc2cc([C@H]3CCCC4CN(c5ccc(Cl)c(OC)c5)CCN43)ccc2c1. The predicted octanol–water partition coefficient (Wildman–Crippen LogP) is 5.93. The summed E-state index contributed by atoms with van der Waals surface area (Å²) in [7, 11) is 3.39. The second-order valence-electron chi connectivity index (χ2n) is 8.58. The molecule has 162 valence electrons. The lowest BCUT2D eigenvalue weighted by atomic mass is 9.88. The molecule has 0 saturated carbocycles. The van der Waals surface area contributed by atoms with Crippen molar-refractivity contribution in [2.45, 2.75) is 31.3 Å². The Morgan fingerprint density at radius 3 is 2.55 bits per heavy atom. The minimum atomic E-state index is 0.493. The molecule has 3 aromatic carbocycles. The molecular weight excluding hydrogens is 408 g/mol. The molecule has 3 aromatic rings. The van der Waals surface area contributed by atoms with Gasteiger partial charge in [-0.05, 0) is 65.9 Å². The van der Waals surface area contributed by atoms with E-state index in [1.54, 1.807) is 14.2 Å². The molecule has 0 N–H and O–H groups in total. The van der Waals surface area contributed by atoms with E-state index in [-0.39, 0.29) is 0 Å². The summed E-state index contributed by atoms with van der Waals surface area (Å²) >= 11 is 6.23. The van der Waals surface area contributed by atoms with Gasteiger partial charge in [-0.1, -0.05) is 29.8 Å². The van der Waals surface area contributed by atoms with E-state index in [2.05, 4.69) is 58.3 Å². The van der Waals surface area contributed by atoms with Crippen LogP contribution < -0.4 is 14.4 Å². The van der Waals surface area contributed by atoms with E-state index in [9.17, 15) is 0 Å². The molecule has 0 amide bonds. The van der Waals surface area contributed by atoms with Crippen molar-refractivity contribution in [3.8, 4) is 11.5 Å². The summed E-state index contributed by atoms with van der Waals surface area (Å²) < 4.78 is 10.8. The van der Waals surface area contributed by atoms with Gasteiger partial charge >= 0.3 is 0 Å². The number of hydrogen-bond acceptors (Lipinski definition) is 4. The molecule has 0 radical (unpaired) electrons. The fraction of sp³-hybridized carbons (Fsp3) is 0.385. The number of piperidine rings is 1. The van der Waals surface area contributed by atoms with E-state index in [1.165, 1.54) is 41.3 Å². The van der Waals surface area contributed by atoms with E-state index >= 15 is 0 Å². The van der Waals surface area contributed by atoms with Crippen molar-refractivity contribution in [2.75, 3.05) is 38.8 Å². The summed E-state index contributed by atoms with van der Waals surface area (Å²) in [6.07, 6.45) is 3.75. The molecule has 31 heavy (non-hydrogen) atoms. The average molecular weight is 437 g/mol. The topological polar surface area (TPSA) is 24.9 Å². The number of nitrogens with zero attached hydrogens (tertiary/aromatic N) is 2. The smallest absolute Gasteiger partial charge is 0.139 e. The van der Waals surface area contributed by atoms with Crippen molar-refractivity contribution >= 4 is 28.1 Å². The van der Waals surface area contributed by atoms with Crippen molar-refractivity contribution in [1.29, 1.82) is 0 Å². The molecular formula is C26H29ClN2O2. The molecule has 2 aliphatic rings. The zero-order valence-corrected chi connectivity index (χ0v) is 18.9. The van der Waals surface area contributed by atoms with Gasteiger partial charge < -0.3 is 14.4 Å². The van der Waals surface area contributed by atoms with Crippen LogP contribution in [0.5, 0.6) is 11.5 Å². The molecule has 0 spiro atoms. The van der Waals surface area contributed by atoms with Crippen molar-refractivity contribution < 1.29 is 9.47 Å². The van der Waals surface area contributed by atoms with Gasteiger partial charge in [0.2, 0.25) is 0 Å². The van der Waals surface area contributed by atoms with Crippen LogP contribution in [0.15, 0.2) is 54.6 Å². The first-order valence-electron chi connectivity index (χ1n) is 11.1. The molecule has 0 aliphatic carbocycles. The first kappa shape index (κ1) is 20.5. The minimum Gasteiger partial charge on any atom is -0.497 e. The molecule has 2 fully saturated rings. The Kier molecular flexibility index (Phi) is 5.68. The normalized spacial score (nSPS) is 21.7. The summed E-state index contributed by atoms with van der Waals surface area (Å²) in [6, 6.07) is 20.4. The number of anilines is 1. The zero-order valence-electron chi connectivity index (χ0n) is 18.2. The van der Waals surface area contributed by atoms with Crippen molar-refractivity contribution in [3.05, 3.63) is 65.2 Å². The lowest BCUT2D eigenvalue weighted by molar-refractivity contribution is 0.0717. The van der Waals surface area contributed by atoms with Crippen LogP contribution in [0.2, 0.25) is 5.02 Å². The average Bonchev–Trinajstić information content (AvgIpc) is 2.83. The van der Waals surface area contributed by atoms with E-state index in [1.807, 2.05) is 6.07 Å². The van der Waals surface area contributed by atoms with Crippen LogP contribution in [0.1, 0.15) is 30.9 Å². The zero-order chi connectivity index (χ0) is 21.4. The highest BCUT2D eigenvalue weighted by atomic mass is 35.5. The van der Waals surface area contributed by atoms with Gasteiger partial charge in [0.15, 0.2) is 0 Å². The Labute approximate surface area is 189 Å². The third-order valence-electron chi connectivity index (χ3n) is 6.90. The van der Waals surface area contributed by atoms with Crippen LogP contribution in [-0.2, 0) is 0 Å². The van der Waals surface area contributed by atoms with Gasteiger partial charge in [0.05, 0.1) is 19.2 Å². The number of benzene rings is 3. The fourth-order valence-electron chi connectivity index (χ4n) is 5.26. The summed E-state index contributed by atoms with van der Waals surface area (Å²) in [6.45, 7) is 3.13. The fourth-order valence-corrected chi connectivity index (χ4v) is 5.46. The third kappa shape index (κ3) is 3.95. The first-order valence-corrected chi connectivity index (χ1v) is 11.5. The van der Waals surface area contributed by atoms with Gasteiger partial charge in [-0.15, -0.1) is 0 Å². The first-order chi connectivity index (χ1) is 15.2. The van der Waals surface area contributed by atoms with E-state index < -0.39 is 0 Å². The van der Waals surface area contributed by atoms with E-state index in [4.69, 9.17) is 21.1 Å². The van der Waals surface area contributed by atoms with Crippen molar-refractivity contribution in [2.24, 2.45) is 0 Å². The molecule has 5 rings (SSSR count). The Balaban J connectivity index is 1.36. The molecule has 5 heteroatoms. The van der Waals surface area contributed by atoms with Crippen LogP contribution in [-0.4, -0.2) is 44.8 Å². The Hall–Kier alpha value is -2.43. The van der Waals surface area contributed by atoms with E-state index in [0.29, 0.717) is 17.1 Å². The number of halogens is 1. The summed E-state index contributed by atoms with van der Waals surface area (Å²) in [4.78, 5) is 5.22. The highest BCUT2D eigenvalue weighted by Gasteiger charge is 2.35. The van der Waals surface area contributed by atoms with Crippen molar-refractivity contribution in [1.82, 2.24) is 4.90 Å². The molecule has 2 atom stereocenters. The van der Waals surface area contributed by atoms with E-state index in [0.717, 1.165) is 31.1 Å². The standard InChI is InChI=1S/C26H29ClN2O2/c1-30-23-10-8-18-14-20(7-6-19(18)15-23)25-5-3-4-22-17-28(12-13-29(22)25)21-9-11-24(27)26(16-21)31-2/h6-11,14-16,22,25H,3-5,12-13,17H2,1-2H3/t22?,25-/m1/s1. The monoisotopic (exact) mass is 436 g/mol. The number of piperazine rings is 1. The van der Waals surface area contributed by atoms with Gasteiger partial charge in [-0.25, -0.2) is 0 Å². The molecule has 2 saturated heterocycles. The Morgan fingerprint density at radius 1 is 0.871 bits per heavy atom. The predicted molar refractivity (Wildman–Crippen MR) is 128 cm³/mol.